The number of carbonyl (C=O) groups is 1. The third kappa shape index (κ3) is 3.79. The minimum Gasteiger partial charge on any atom is -0.339 e. The number of aromatic nitrogens is 1. The first-order valence-corrected chi connectivity index (χ1v) is 10.7. The van der Waals surface area contributed by atoms with Crippen molar-refractivity contribution < 1.29 is 9.18 Å². The SMILES string of the molecule is O=C1NCN(c2ccccc2)C12CCN(Cc1cncc(-c3ccc(F)cc3)c1)CC2. The maximum absolute atomic E-state index is 13.2. The number of anilines is 1. The van der Waals surface area contributed by atoms with Gasteiger partial charge in [-0.15, -0.1) is 0 Å². The van der Waals surface area contributed by atoms with Crippen molar-refractivity contribution in [2.24, 2.45) is 0 Å². The molecule has 0 radical (unpaired) electrons. The zero-order valence-electron chi connectivity index (χ0n) is 17.3. The van der Waals surface area contributed by atoms with Crippen LogP contribution in [0, 0.1) is 5.82 Å². The number of nitrogens with one attached hydrogen (secondary N) is 1. The molecule has 2 aliphatic rings. The van der Waals surface area contributed by atoms with E-state index < -0.39 is 5.54 Å². The number of hydrogen-bond donors (Lipinski definition) is 1. The van der Waals surface area contributed by atoms with E-state index in [1.54, 1.807) is 12.1 Å². The second-order valence-electron chi connectivity index (χ2n) is 8.32. The molecule has 2 aromatic carbocycles. The molecular formula is C25H25FN4O. The number of nitrogens with zero attached hydrogens (tertiary/aromatic N) is 3. The summed E-state index contributed by atoms with van der Waals surface area (Å²) in [5, 5.41) is 3.05. The summed E-state index contributed by atoms with van der Waals surface area (Å²) >= 11 is 0. The highest BCUT2D eigenvalue weighted by Crippen LogP contribution is 2.36. The van der Waals surface area contributed by atoms with Gasteiger partial charge < -0.3 is 10.2 Å². The lowest BCUT2D eigenvalue weighted by atomic mass is 9.85. The van der Waals surface area contributed by atoms with E-state index in [4.69, 9.17) is 0 Å². The molecule has 5 nitrogen and oxygen atoms in total. The fraction of sp³-hybridized carbons (Fsp3) is 0.280. The van der Waals surface area contributed by atoms with Crippen molar-refractivity contribution >= 4 is 11.6 Å². The van der Waals surface area contributed by atoms with Crippen LogP contribution in [0.3, 0.4) is 0 Å². The number of piperidine rings is 1. The summed E-state index contributed by atoms with van der Waals surface area (Å²) in [6.07, 6.45) is 5.27. The first-order chi connectivity index (χ1) is 15.1. The first kappa shape index (κ1) is 19.7. The smallest absolute Gasteiger partial charge is 0.247 e. The van der Waals surface area contributed by atoms with Crippen LogP contribution in [0.25, 0.3) is 11.1 Å². The Labute approximate surface area is 181 Å². The normalized spacial score (nSPS) is 18.4. The molecule has 3 heterocycles. The van der Waals surface area contributed by atoms with Gasteiger partial charge in [-0.05, 0) is 54.3 Å². The molecule has 158 valence electrons. The molecule has 3 aromatic rings. The molecule has 1 spiro atoms. The number of likely N-dealkylation sites (tertiary alicyclic amines) is 1. The minimum atomic E-state index is -0.466. The monoisotopic (exact) mass is 416 g/mol. The molecule has 0 aliphatic carbocycles. The number of halogens is 1. The van der Waals surface area contributed by atoms with Crippen LogP contribution >= 0.6 is 0 Å². The van der Waals surface area contributed by atoms with Crippen molar-refractivity contribution in [3.63, 3.8) is 0 Å². The van der Waals surface area contributed by atoms with Gasteiger partial charge in [0.2, 0.25) is 5.91 Å². The van der Waals surface area contributed by atoms with Crippen LogP contribution in [0.4, 0.5) is 10.1 Å². The molecule has 0 atom stereocenters. The molecule has 0 saturated carbocycles. The number of benzene rings is 2. The van der Waals surface area contributed by atoms with Gasteiger partial charge in [0, 0.05) is 43.3 Å². The van der Waals surface area contributed by atoms with E-state index in [0.717, 1.165) is 54.9 Å². The van der Waals surface area contributed by atoms with Gasteiger partial charge >= 0.3 is 0 Å². The summed E-state index contributed by atoms with van der Waals surface area (Å²) in [7, 11) is 0. The van der Waals surface area contributed by atoms with Gasteiger partial charge in [-0.1, -0.05) is 30.3 Å². The number of pyridine rings is 1. The predicted octanol–water partition coefficient (Wildman–Crippen LogP) is 3.82. The maximum atomic E-state index is 13.2. The van der Waals surface area contributed by atoms with E-state index >= 15 is 0 Å². The van der Waals surface area contributed by atoms with Crippen LogP contribution in [0.2, 0.25) is 0 Å². The number of amides is 1. The Balaban J connectivity index is 1.28. The van der Waals surface area contributed by atoms with E-state index in [9.17, 15) is 9.18 Å². The Kier molecular flexibility index (Phi) is 5.16. The molecule has 1 N–H and O–H groups in total. The Morgan fingerprint density at radius 1 is 0.968 bits per heavy atom. The summed E-state index contributed by atoms with van der Waals surface area (Å²) in [6, 6.07) is 18.8. The van der Waals surface area contributed by atoms with Gasteiger partial charge in [0.05, 0.1) is 6.67 Å². The Morgan fingerprint density at radius 2 is 1.71 bits per heavy atom. The molecule has 31 heavy (non-hydrogen) atoms. The van der Waals surface area contributed by atoms with Gasteiger partial charge in [-0.2, -0.15) is 0 Å². The van der Waals surface area contributed by atoms with Crippen molar-refractivity contribution in [3.05, 3.63) is 84.4 Å². The summed E-state index contributed by atoms with van der Waals surface area (Å²) in [5.41, 5.74) is 3.68. The fourth-order valence-electron chi connectivity index (χ4n) is 4.75. The maximum Gasteiger partial charge on any atom is 0.247 e. The molecule has 0 unspecified atom stereocenters. The summed E-state index contributed by atoms with van der Waals surface area (Å²) in [4.78, 5) is 21.8. The average molecular weight is 417 g/mol. The summed E-state index contributed by atoms with van der Waals surface area (Å²) < 4.78 is 13.2. The van der Waals surface area contributed by atoms with E-state index in [1.807, 2.05) is 30.6 Å². The molecule has 1 aromatic heterocycles. The summed E-state index contributed by atoms with van der Waals surface area (Å²) in [5.74, 6) is -0.105. The Morgan fingerprint density at radius 3 is 2.45 bits per heavy atom. The number of rotatable bonds is 4. The number of hydrogen-bond acceptors (Lipinski definition) is 4. The van der Waals surface area contributed by atoms with E-state index in [-0.39, 0.29) is 11.7 Å². The highest BCUT2D eigenvalue weighted by atomic mass is 19.1. The topological polar surface area (TPSA) is 48.5 Å². The van der Waals surface area contributed by atoms with Crippen LogP contribution in [-0.2, 0) is 11.3 Å². The highest BCUT2D eigenvalue weighted by Gasteiger charge is 2.50. The zero-order chi connectivity index (χ0) is 21.3. The van der Waals surface area contributed by atoms with Crippen LogP contribution < -0.4 is 10.2 Å². The van der Waals surface area contributed by atoms with E-state index in [0.29, 0.717) is 6.67 Å². The second-order valence-corrected chi connectivity index (χ2v) is 8.32. The van der Waals surface area contributed by atoms with Gasteiger partial charge in [0.1, 0.15) is 11.4 Å². The number of para-hydroxylation sites is 1. The molecule has 0 bridgehead atoms. The van der Waals surface area contributed by atoms with Gasteiger partial charge in [-0.25, -0.2) is 4.39 Å². The Hall–Kier alpha value is -3.25. The molecular weight excluding hydrogens is 391 g/mol. The largest absolute Gasteiger partial charge is 0.339 e. The zero-order valence-corrected chi connectivity index (χ0v) is 17.3. The van der Waals surface area contributed by atoms with Crippen LogP contribution in [0.15, 0.2) is 73.1 Å². The highest BCUT2D eigenvalue weighted by molar-refractivity contribution is 5.93. The van der Waals surface area contributed by atoms with Gasteiger partial charge in [-0.3, -0.25) is 14.7 Å². The van der Waals surface area contributed by atoms with Gasteiger partial charge in [0.15, 0.2) is 0 Å². The quantitative estimate of drug-likeness (QED) is 0.703. The minimum absolute atomic E-state index is 0.135. The molecule has 5 rings (SSSR count). The van der Waals surface area contributed by atoms with Crippen molar-refractivity contribution in [1.82, 2.24) is 15.2 Å². The summed E-state index contributed by atoms with van der Waals surface area (Å²) in [6.45, 7) is 3.03. The lowest BCUT2D eigenvalue weighted by molar-refractivity contribution is -0.125. The van der Waals surface area contributed by atoms with Crippen molar-refractivity contribution in [1.29, 1.82) is 0 Å². The third-order valence-corrected chi connectivity index (χ3v) is 6.47. The predicted molar refractivity (Wildman–Crippen MR) is 119 cm³/mol. The number of carbonyl (C=O) groups excluding carboxylic acids is 1. The molecule has 1 amide bonds. The van der Waals surface area contributed by atoms with Crippen molar-refractivity contribution in [3.8, 4) is 11.1 Å². The fourth-order valence-corrected chi connectivity index (χ4v) is 4.75. The lowest BCUT2D eigenvalue weighted by Crippen LogP contribution is -2.56. The average Bonchev–Trinajstić information content (AvgIpc) is 3.12. The molecule has 6 heteroatoms. The standard InChI is InChI=1S/C25H25FN4O/c26-22-8-6-20(7-9-22)21-14-19(15-27-16-21)17-29-12-10-25(11-13-29)24(31)28-18-30(25)23-4-2-1-3-5-23/h1-9,14-16H,10-13,17-18H2,(H,28,31). The van der Waals surface area contributed by atoms with Crippen LogP contribution in [0.1, 0.15) is 18.4 Å². The second kappa shape index (κ2) is 8.12. The molecule has 2 aliphatic heterocycles. The molecule has 2 fully saturated rings. The van der Waals surface area contributed by atoms with Crippen LogP contribution in [0.5, 0.6) is 0 Å². The van der Waals surface area contributed by atoms with Crippen molar-refractivity contribution in [2.75, 3.05) is 24.7 Å². The van der Waals surface area contributed by atoms with E-state index in [2.05, 4.69) is 38.3 Å². The molecule has 2 saturated heterocycles. The van der Waals surface area contributed by atoms with Gasteiger partial charge in [0.25, 0.3) is 0 Å². The first-order valence-electron chi connectivity index (χ1n) is 10.7. The third-order valence-electron chi connectivity index (χ3n) is 6.47. The van der Waals surface area contributed by atoms with Crippen molar-refractivity contribution in [2.45, 2.75) is 24.9 Å². The van der Waals surface area contributed by atoms with Crippen LogP contribution in [-0.4, -0.2) is 41.1 Å². The van der Waals surface area contributed by atoms with E-state index in [1.165, 1.54) is 12.1 Å². The Bertz CT molecular complexity index is 1060. The lowest BCUT2D eigenvalue weighted by Gasteiger charge is -2.43.